The Morgan fingerprint density at radius 3 is 1.21 bits per heavy atom. The smallest absolute Gasteiger partial charge is 0.428 e. The molecule has 0 heterocycles. The van der Waals surface area contributed by atoms with Crippen LogP contribution < -0.4 is 9.47 Å². The van der Waals surface area contributed by atoms with Gasteiger partial charge in [-0.05, 0) is 61.5 Å². The van der Waals surface area contributed by atoms with Crippen LogP contribution in [0.15, 0.2) is 12.1 Å². The van der Waals surface area contributed by atoms with E-state index < -0.39 is 35.1 Å². The quantitative estimate of drug-likeness (QED) is 0.410. The van der Waals surface area contributed by atoms with Crippen LogP contribution >= 0.6 is 0 Å². The Morgan fingerprint density at radius 2 is 0.964 bits per heavy atom. The molecule has 8 nitrogen and oxygen atoms in total. The molecular formula is C20H26O8. The van der Waals surface area contributed by atoms with Crippen LogP contribution in [0.4, 0.5) is 9.59 Å². The molecule has 0 spiro atoms. The van der Waals surface area contributed by atoms with Crippen LogP contribution in [0, 0.1) is 0 Å². The highest BCUT2D eigenvalue weighted by molar-refractivity contribution is 6.03. The Labute approximate surface area is 164 Å². The first-order chi connectivity index (χ1) is 12.6. The van der Waals surface area contributed by atoms with Crippen molar-refractivity contribution in [2.75, 3.05) is 0 Å². The summed E-state index contributed by atoms with van der Waals surface area (Å²) in [5, 5.41) is 0. The number of carbonyl (C=O) groups is 4. The minimum Gasteiger partial charge on any atom is -0.428 e. The highest BCUT2D eigenvalue weighted by Crippen LogP contribution is 2.31. The van der Waals surface area contributed by atoms with E-state index in [2.05, 4.69) is 0 Å². The van der Waals surface area contributed by atoms with Crippen LogP contribution in [0.25, 0.3) is 0 Å². The van der Waals surface area contributed by atoms with Crippen LogP contribution in [0.2, 0.25) is 0 Å². The summed E-state index contributed by atoms with van der Waals surface area (Å²) in [6.07, 6.45) is -2.09. The van der Waals surface area contributed by atoms with Crippen molar-refractivity contribution in [3.63, 3.8) is 0 Å². The molecular weight excluding hydrogens is 368 g/mol. The number of ether oxygens (including phenoxy) is 4. The van der Waals surface area contributed by atoms with E-state index in [-0.39, 0.29) is 22.6 Å². The molecule has 28 heavy (non-hydrogen) atoms. The maximum absolute atomic E-state index is 12.0. The second kappa shape index (κ2) is 8.41. The standard InChI is InChI=1S/C20H26O8/c1-11(21)13-9-14(12(2)22)16(26-18(24)28-20(6,7)8)10-15(13)25-17(23)27-19(3,4)5/h9-10H,1-8H3. The normalized spacial score (nSPS) is 11.4. The van der Waals surface area contributed by atoms with Gasteiger partial charge in [-0.1, -0.05) is 0 Å². The zero-order chi connectivity index (χ0) is 21.9. The molecule has 0 aliphatic carbocycles. The van der Waals surface area contributed by atoms with Gasteiger partial charge in [-0.15, -0.1) is 0 Å². The third-order valence-electron chi connectivity index (χ3n) is 3.01. The Morgan fingerprint density at radius 1 is 0.643 bits per heavy atom. The molecule has 1 rings (SSSR count). The molecule has 8 heteroatoms. The van der Waals surface area contributed by atoms with Crippen molar-refractivity contribution < 1.29 is 38.1 Å². The second-order valence-corrected chi connectivity index (χ2v) is 8.09. The minimum absolute atomic E-state index is 0.0346. The van der Waals surface area contributed by atoms with Gasteiger partial charge in [0.2, 0.25) is 0 Å². The highest BCUT2D eigenvalue weighted by atomic mass is 16.7. The van der Waals surface area contributed by atoms with E-state index in [1.165, 1.54) is 19.9 Å². The molecule has 1 aromatic rings. The first kappa shape index (κ1) is 23.1. The van der Waals surface area contributed by atoms with Crippen molar-refractivity contribution in [1.82, 2.24) is 0 Å². The molecule has 0 amide bonds. The lowest BCUT2D eigenvalue weighted by Crippen LogP contribution is -2.27. The molecule has 0 aliphatic heterocycles. The van der Waals surface area contributed by atoms with Gasteiger partial charge in [-0.2, -0.15) is 0 Å². The average Bonchev–Trinajstić information content (AvgIpc) is 2.42. The molecule has 0 fully saturated rings. The molecule has 0 radical (unpaired) electrons. The predicted molar refractivity (Wildman–Crippen MR) is 100 cm³/mol. The summed E-state index contributed by atoms with van der Waals surface area (Å²) in [5.74, 6) is -1.31. The molecule has 0 aromatic heterocycles. The van der Waals surface area contributed by atoms with Crippen LogP contribution in [-0.2, 0) is 9.47 Å². The number of rotatable bonds is 4. The lowest BCUT2D eigenvalue weighted by Gasteiger charge is -2.21. The Bertz CT molecular complexity index is 730. The second-order valence-electron chi connectivity index (χ2n) is 8.09. The average molecular weight is 394 g/mol. The zero-order valence-electron chi connectivity index (χ0n) is 17.4. The maximum atomic E-state index is 12.0. The number of carbonyl (C=O) groups excluding carboxylic acids is 4. The minimum atomic E-state index is -1.05. The molecule has 0 bridgehead atoms. The third kappa shape index (κ3) is 7.38. The largest absolute Gasteiger partial charge is 0.514 e. The van der Waals surface area contributed by atoms with E-state index in [0.29, 0.717) is 0 Å². The topological polar surface area (TPSA) is 105 Å². The zero-order valence-corrected chi connectivity index (χ0v) is 17.4. The fourth-order valence-electron chi connectivity index (χ4n) is 2.00. The van der Waals surface area contributed by atoms with Gasteiger partial charge in [0.05, 0.1) is 11.1 Å². The van der Waals surface area contributed by atoms with Crippen molar-refractivity contribution in [2.45, 2.75) is 66.6 Å². The van der Waals surface area contributed by atoms with E-state index in [0.717, 1.165) is 6.07 Å². The van der Waals surface area contributed by atoms with Crippen LogP contribution in [0.1, 0.15) is 76.1 Å². The first-order valence-corrected chi connectivity index (χ1v) is 8.60. The van der Waals surface area contributed by atoms with E-state index in [1.807, 2.05) is 0 Å². The number of Topliss-reactive ketones (excluding diaryl/α,β-unsaturated/α-hetero) is 2. The van der Waals surface area contributed by atoms with E-state index in [4.69, 9.17) is 18.9 Å². The molecule has 0 unspecified atom stereocenters. The van der Waals surface area contributed by atoms with Crippen LogP contribution in [0.5, 0.6) is 11.5 Å². The van der Waals surface area contributed by atoms with Gasteiger partial charge in [-0.25, -0.2) is 9.59 Å². The number of benzene rings is 1. The third-order valence-corrected chi connectivity index (χ3v) is 3.01. The lowest BCUT2D eigenvalue weighted by atomic mass is 10.0. The van der Waals surface area contributed by atoms with Gasteiger partial charge in [0.15, 0.2) is 11.6 Å². The molecule has 1 aromatic carbocycles. The number of hydrogen-bond donors (Lipinski definition) is 0. The summed E-state index contributed by atoms with van der Waals surface area (Å²) in [5.41, 5.74) is -1.70. The van der Waals surface area contributed by atoms with Gasteiger partial charge < -0.3 is 18.9 Å². The van der Waals surface area contributed by atoms with Crippen LogP contribution in [-0.4, -0.2) is 35.1 Å². The van der Waals surface area contributed by atoms with Gasteiger partial charge in [0.25, 0.3) is 0 Å². The monoisotopic (exact) mass is 394 g/mol. The summed E-state index contributed by atoms with van der Waals surface area (Å²) in [4.78, 5) is 47.9. The first-order valence-electron chi connectivity index (χ1n) is 8.60. The van der Waals surface area contributed by atoms with Gasteiger partial charge in [0, 0.05) is 6.07 Å². The summed E-state index contributed by atoms with van der Waals surface area (Å²) in [7, 11) is 0. The number of ketones is 2. The fourth-order valence-corrected chi connectivity index (χ4v) is 2.00. The van der Waals surface area contributed by atoms with Gasteiger partial charge in [-0.3, -0.25) is 9.59 Å². The summed E-state index contributed by atoms with van der Waals surface area (Å²) < 4.78 is 20.4. The number of hydrogen-bond acceptors (Lipinski definition) is 8. The van der Waals surface area contributed by atoms with Crippen molar-refractivity contribution >= 4 is 23.9 Å². The Hall–Kier alpha value is -2.90. The SMILES string of the molecule is CC(=O)c1cc(C(C)=O)c(OC(=O)OC(C)(C)C)cc1OC(=O)OC(C)(C)C. The summed E-state index contributed by atoms with van der Waals surface area (Å²) in [6, 6.07) is 2.31. The van der Waals surface area contributed by atoms with Crippen molar-refractivity contribution in [3.05, 3.63) is 23.3 Å². The van der Waals surface area contributed by atoms with Gasteiger partial charge in [0.1, 0.15) is 22.7 Å². The van der Waals surface area contributed by atoms with Crippen molar-refractivity contribution in [3.8, 4) is 11.5 Å². The molecule has 0 atom stereocenters. The van der Waals surface area contributed by atoms with E-state index >= 15 is 0 Å². The van der Waals surface area contributed by atoms with E-state index in [9.17, 15) is 19.2 Å². The molecule has 0 saturated carbocycles. The molecule has 0 saturated heterocycles. The van der Waals surface area contributed by atoms with Gasteiger partial charge >= 0.3 is 12.3 Å². The van der Waals surface area contributed by atoms with Crippen LogP contribution in [0.3, 0.4) is 0 Å². The lowest BCUT2D eigenvalue weighted by molar-refractivity contribution is 0.0204. The van der Waals surface area contributed by atoms with E-state index in [1.54, 1.807) is 41.5 Å². The van der Waals surface area contributed by atoms with Crippen molar-refractivity contribution in [2.24, 2.45) is 0 Å². The van der Waals surface area contributed by atoms with Crippen molar-refractivity contribution in [1.29, 1.82) is 0 Å². The predicted octanol–water partition coefficient (Wildman–Crippen LogP) is 4.72. The highest BCUT2D eigenvalue weighted by Gasteiger charge is 2.25. The molecule has 0 aliphatic rings. The molecule has 154 valence electrons. The Kier molecular flexibility index (Phi) is 6.95. The maximum Gasteiger partial charge on any atom is 0.514 e. The Balaban J connectivity index is 3.34. The summed E-state index contributed by atoms with van der Waals surface area (Å²) >= 11 is 0. The molecule has 0 N–H and O–H groups in total. The fraction of sp³-hybridized carbons (Fsp3) is 0.500. The summed E-state index contributed by atoms with van der Waals surface area (Å²) in [6.45, 7) is 12.4.